The smallest absolute Gasteiger partial charge is 0.260 e. The second-order valence-corrected chi connectivity index (χ2v) is 8.55. The summed E-state index contributed by atoms with van der Waals surface area (Å²) in [5.41, 5.74) is 0.176. The Labute approximate surface area is 163 Å². The third kappa shape index (κ3) is 3.10. The molecule has 1 aromatic heterocycles. The zero-order valence-electron chi connectivity index (χ0n) is 15.2. The molecule has 1 aliphatic heterocycles. The summed E-state index contributed by atoms with van der Waals surface area (Å²) in [6.45, 7) is 1.58. The molecule has 2 aliphatic carbocycles. The minimum Gasteiger partial charge on any atom is -0.484 e. The third-order valence-electron chi connectivity index (χ3n) is 6.38. The summed E-state index contributed by atoms with van der Waals surface area (Å²) in [6, 6.07) is 7.66. The van der Waals surface area contributed by atoms with Gasteiger partial charge in [0.25, 0.3) is 5.91 Å². The lowest BCUT2D eigenvalue weighted by Crippen LogP contribution is -2.39. The quantitative estimate of drug-likeness (QED) is 0.789. The highest BCUT2D eigenvalue weighted by Crippen LogP contribution is 2.56. The van der Waals surface area contributed by atoms with Crippen LogP contribution in [0.1, 0.15) is 49.9 Å². The summed E-state index contributed by atoms with van der Waals surface area (Å²) < 4.78 is 7.92. The van der Waals surface area contributed by atoms with Gasteiger partial charge in [-0.25, -0.2) is 0 Å². The zero-order valence-corrected chi connectivity index (χ0v) is 15.9. The molecule has 2 aromatic rings. The maximum atomic E-state index is 12.8. The van der Waals surface area contributed by atoms with E-state index in [1.807, 2.05) is 11.2 Å². The Bertz CT molecular complexity index is 842. The van der Waals surface area contributed by atoms with E-state index in [2.05, 4.69) is 14.8 Å². The fourth-order valence-electron chi connectivity index (χ4n) is 4.55. The van der Waals surface area contributed by atoms with Crippen molar-refractivity contribution >= 4 is 17.5 Å². The van der Waals surface area contributed by atoms with E-state index in [1.54, 1.807) is 24.3 Å². The van der Waals surface area contributed by atoms with Crippen molar-refractivity contribution in [2.24, 2.45) is 5.41 Å². The minimum atomic E-state index is 0.0382. The molecule has 0 N–H and O–H groups in total. The second kappa shape index (κ2) is 6.51. The summed E-state index contributed by atoms with van der Waals surface area (Å²) in [5.74, 6) is 2.06. The number of ether oxygens (including phenoxy) is 1. The Balaban J connectivity index is 1.29. The van der Waals surface area contributed by atoms with Crippen molar-refractivity contribution in [2.75, 3.05) is 19.7 Å². The molecule has 2 saturated carbocycles. The van der Waals surface area contributed by atoms with Gasteiger partial charge in [0, 0.05) is 30.1 Å². The summed E-state index contributed by atoms with van der Waals surface area (Å²) in [4.78, 5) is 14.8. The van der Waals surface area contributed by atoms with Crippen molar-refractivity contribution in [3.05, 3.63) is 41.4 Å². The Hall–Kier alpha value is -2.08. The van der Waals surface area contributed by atoms with Crippen LogP contribution < -0.4 is 4.74 Å². The molecule has 0 bridgehead atoms. The topological polar surface area (TPSA) is 60.2 Å². The van der Waals surface area contributed by atoms with E-state index in [0.717, 1.165) is 25.2 Å². The molecule has 1 unspecified atom stereocenters. The fraction of sp³-hybridized carbons (Fsp3) is 0.550. The summed E-state index contributed by atoms with van der Waals surface area (Å²) in [6.07, 6.45) is 7.85. The highest BCUT2D eigenvalue weighted by molar-refractivity contribution is 6.30. The van der Waals surface area contributed by atoms with Gasteiger partial charge in [0.05, 0.1) is 0 Å². The molecule has 1 amide bonds. The predicted octanol–water partition coefficient (Wildman–Crippen LogP) is 3.44. The number of aromatic nitrogens is 3. The maximum absolute atomic E-state index is 12.8. The number of benzene rings is 1. The van der Waals surface area contributed by atoms with Gasteiger partial charge in [0.2, 0.25) is 0 Å². The van der Waals surface area contributed by atoms with Crippen LogP contribution >= 0.6 is 11.6 Å². The van der Waals surface area contributed by atoms with Gasteiger partial charge in [0.1, 0.15) is 17.9 Å². The van der Waals surface area contributed by atoms with Crippen LogP contribution in [0, 0.1) is 5.41 Å². The standard InChI is InChI=1S/C20H23ClN4O2/c21-14-2-6-16(7-3-14)27-11-18(26)24-10-17(20(12-24)8-1-9-20)19-23-22-13-25(19)15-4-5-15/h2-3,6-7,13,15,17H,1,4-5,8-12H2. The molecule has 5 rings (SSSR count). The number of likely N-dealkylation sites (tertiary alicyclic amines) is 1. The van der Waals surface area contributed by atoms with Crippen LogP contribution in [0.2, 0.25) is 5.02 Å². The van der Waals surface area contributed by atoms with E-state index in [1.165, 1.54) is 19.3 Å². The number of rotatable bonds is 5. The van der Waals surface area contributed by atoms with Crippen LogP contribution in [0.3, 0.4) is 0 Å². The molecule has 1 saturated heterocycles. The first-order valence-corrected chi connectivity index (χ1v) is 10.1. The first-order chi connectivity index (χ1) is 13.1. The van der Waals surface area contributed by atoms with Crippen LogP contribution in [0.5, 0.6) is 5.75 Å². The second-order valence-electron chi connectivity index (χ2n) is 8.11. The molecule has 1 aromatic carbocycles. The molecule has 2 heterocycles. The minimum absolute atomic E-state index is 0.0382. The first-order valence-electron chi connectivity index (χ1n) is 9.70. The summed E-state index contributed by atoms with van der Waals surface area (Å²) in [5, 5.41) is 9.30. The molecule has 1 spiro atoms. The van der Waals surface area contributed by atoms with Crippen molar-refractivity contribution in [1.82, 2.24) is 19.7 Å². The number of hydrogen-bond donors (Lipinski definition) is 0. The lowest BCUT2D eigenvalue weighted by Gasteiger charge is -2.42. The SMILES string of the molecule is O=C(COc1ccc(Cl)cc1)N1CC(c2nncn2C2CC2)C2(CCC2)C1. The lowest BCUT2D eigenvalue weighted by atomic mass is 9.62. The fourth-order valence-corrected chi connectivity index (χ4v) is 4.68. The largest absolute Gasteiger partial charge is 0.484 e. The monoisotopic (exact) mass is 386 g/mol. The van der Waals surface area contributed by atoms with Crippen LogP contribution in [0.25, 0.3) is 0 Å². The lowest BCUT2D eigenvalue weighted by molar-refractivity contribution is -0.133. The van der Waals surface area contributed by atoms with Gasteiger partial charge in [-0.15, -0.1) is 10.2 Å². The van der Waals surface area contributed by atoms with Crippen LogP contribution in [0.15, 0.2) is 30.6 Å². The van der Waals surface area contributed by atoms with Crippen molar-refractivity contribution in [3.63, 3.8) is 0 Å². The van der Waals surface area contributed by atoms with Gasteiger partial charge in [0.15, 0.2) is 6.61 Å². The van der Waals surface area contributed by atoms with Crippen LogP contribution in [0.4, 0.5) is 0 Å². The van der Waals surface area contributed by atoms with Crippen molar-refractivity contribution in [3.8, 4) is 5.75 Å². The van der Waals surface area contributed by atoms with Gasteiger partial charge >= 0.3 is 0 Å². The van der Waals surface area contributed by atoms with Crippen LogP contribution in [-0.4, -0.2) is 45.3 Å². The molecular formula is C20H23ClN4O2. The van der Waals surface area contributed by atoms with Gasteiger partial charge in [-0.3, -0.25) is 4.79 Å². The molecule has 7 heteroatoms. The Morgan fingerprint density at radius 1 is 1.26 bits per heavy atom. The Kier molecular flexibility index (Phi) is 4.11. The van der Waals surface area contributed by atoms with Crippen LogP contribution in [-0.2, 0) is 4.79 Å². The Morgan fingerprint density at radius 2 is 2.04 bits per heavy atom. The predicted molar refractivity (Wildman–Crippen MR) is 101 cm³/mol. The van der Waals surface area contributed by atoms with E-state index < -0.39 is 0 Å². The molecule has 142 valence electrons. The van der Waals surface area contributed by atoms with Gasteiger partial charge in [-0.2, -0.15) is 0 Å². The van der Waals surface area contributed by atoms with Gasteiger partial charge in [-0.05, 0) is 55.4 Å². The first kappa shape index (κ1) is 17.0. The zero-order chi connectivity index (χ0) is 18.4. The molecule has 27 heavy (non-hydrogen) atoms. The molecule has 6 nitrogen and oxygen atoms in total. The number of amides is 1. The van der Waals surface area contributed by atoms with Gasteiger partial charge in [-0.1, -0.05) is 18.0 Å². The molecule has 1 atom stereocenters. The van der Waals surface area contributed by atoms with E-state index in [4.69, 9.17) is 16.3 Å². The number of carbonyl (C=O) groups is 1. The number of hydrogen-bond acceptors (Lipinski definition) is 4. The maximum Gasteiger partial charge on any atom is 0.260 e. The molecule has 0 radical (unpaired) electrons. The molecule has 3 fully saturated rings. The number of carbonyl (C=O) groups excluding carboxylic acids is 1. The summed E-state index contributed by atoms with van der Waals surface area (Å²) >= 11 is 5.89. The third-order valence-corrected chi connectivity index (χ3v) is 6.63. The number of nitrogens with zero attached hydrogens (tertiary/aromatic N) is 4. The molecule has 3 aliphatic rings. The highest BCUT2D eigenvalue weighted by Gasteiger charge is 2.54. The normalized spacial score (nSPS) is 23.4. The average Bonchev–Trinajstić information content (AvgIpc) is 3.22. The highest BCUT2D eigenvalue weighted by atomic mass is 35.5. The number of halogens is 1. The van der Waals surface area contributed by atoms with Crippen molar-refractivity contribution < 1.29 is 9.53 Å². The van der Waals surface area contributed by atoms with Crippen molar-refractivity contribution in [2.45, 2.75) is 44.1 Å². The van der Waals surface area contributed by atoms with E-state index in [0.29, 0.717) is 23.4 Å². The Morgan fingerprint density at radius 3 is 2.70 bits per heavy atom. The van der Waals surface area contributed by atoms with Crippen molar-refractivity contribution in [1.29, 1.82) is 0 Å². The summed E-state index contributed by atoms with van der Waals surface area (Å²) in [7, 11) is 0. The van der Waals surface area contributed by atoms with E-state index >= 15 is 0 Å². The average molecular weight is 387 g/mol. The van der Waals surface area contributed by atoms with Gasteiger partial charge < -0.3 is 14.2 Å². The van der Waals surface area contributed by atoms with E-state index in [-0.39, 0.29) is 23.8 Å². The van der Waals surface area contributed by atoms with E-state index in [9.17, 15) is 4.79 Å². The molecular weight excluding hydrogens is 364 g/mol.